The molecule has 0 saturated heterocycles. The molecule has 10 heteroatoms. The van der Waals surface area contributed by atoms with Crippen molar-refractivity contribution >= 4 is 50.3 Å². The number of pyridine rings is 1. The largest absolute Gasteiger partial charge is 0.494 e. The van der Waals surface area contributed by atoms with E-state index in [1.807, 2.05) is 28.8 Å². The highest BCUT2D eigenvalue weighted by Crippen LogP contribution is 2.30. The number of hydrogen-bond donors (Lipinski definition) is 3. The molecule has 6 rings (SSSR count). The molecular weight excluding hydrogens is 540 g/mol. The normalized spacial score (nSPS) is 11.4. The average molecular weight is 577 g/mol. The van der Waals surface area contributed by atoms with Crippen LogP contribution in [0.1, 0.15) is 26.2 Å². The number of rotatable bonds is 13. The van der Waals surface area contributed by atoms with Crippen LogP contribution in [0, 0.1) is 0 Å². The molecule has 0 amide bonds. The van der Waals surface area contributed by atoms with Crippen LogP contribution in [0.25, 0.3) is 33.0 Å². The number of ether oxygens (including phenoxy) is 1. The monoisotopic (exact) mass is 576 g/mol. The Balaban J connectivity index is 0.960. The van der Waals surface area contributed by atoms with Crippen LogP contribution < -0.4 is 26.2 Å². The summed E-state index contributed by atoms with van der Waals surface area (Å²) in [6, 6.07) is 24.8. The predicted octanol–water partition coefficient (Wildman–Crippen LogP) is 5.59. The molecule has 0 radical (unpaired) electrons. The molecule has 0 unspecified atom stereocenters. The molecule has 4 N–H and O–H groups in total. The second-order valence-corrected chi connectivity index (χ2v) is 10.5. The van der Waals surface area contributed by atoms with Crippen molar-refractivity contribution < 1.29 is 4.74 Å². The number of likely N-dealkylation sites (N-methyl/N-ethyl adjacent to an activating group) is 1. The molecule has 0 fully saturated rings. The van der Waals surface area contributed by atoms with E-state index in [4.69, 9.17) is 15.5 Å². The number of hydrogen-bond acceptors (Lipinski definition) is 8. The zero-order valence-electron chi connectivity index (χ0n) is 24.3. The minimum atomic E-state index is -0.281. The Morgan fingerprint density at radius 1 is 0.930 bits per heavy atom. The van der Waals surface area contributed by atoms with E-state index in [1.165, 1.54) is 0 Å². The van der Waals surface area contributed by atoms with Crippen molar-refractivity contribution in [3.8, 4) is 5.75 Å². The first-order chi connectivity index (χ1) is 21.1. The van der Waals surface area contributed by atoms with Gasteiger partial charge in [-0.3, -0.25) is 9.78 Å². The van der Waals surface area contributed by atoms with Crippen LogP contribution in [0.3, 0.4) is 0 Å². The maximum absolute atomic E-state index is 12.3. The number of anilines is 3. The lowest BCUT2D eigenvalue weighted by atomic mass is 10.1. The van der Waals surface area contributed by atoms with Gasteiger partial charge in [0.15, 0.2) is 11.2 Å². The number of benzene rings is 3. The van der Waals surface area contributed by atoms with Crippen molar-refractivity contribution in [3.05, 3.63) is 89.5 Å². The van der Waals surface area contributed by atoms with Crippen molar-refractivity contribution in [1.82, 2.24) is 24.5 Å². The molecule has 220 valence electrons. The summed E-state index contributed by atoms with van der Waals surface area (Å²) >= 11 is 0. The summed E-state index contributed by atoms with van der Waals surface area (Å²) in [5.74, 6) is 0.935. The van der Waals surface area contributed by atoms with Gasteiger partial charge in [-0.2, -0.15) is 4.98 Å². The minimum absolute atomic E-state index is 0.0703. The number of fused-ring (bicyclic) bond motifs is 3. The van der Waals surface area contributed by atoms with Crippen LogP contribution in [0.4, 0.5) is 17.3 Å². The molecule has 3 aromatic carbocycles. The van der Waals surface area contributed by atoms with Crippen LogP contribution in [-0.2, 0) is 6.54 Å². The zero-order chi connectivity index (χ0) is 29.6. The fraction of sp³-hybridized carbons (Fsp3) is 0.273. The van der Waals surface area contributed by atoms with E-state index in [0.29, 0.717) is 30.9 Å². The fourth-order valence-electron chi connectivity index (χ4n) is 5.46. The first-order valence-corrected chi connectivity index (χ1v) is 14.8. The summed E-state index contributed by atoms with van der Waals surface area (Å²) in [5, 5.41) is 5.99. The molecule has 10 nitrogen and oxygen atoms in total. The number of unbranched alkanes of at least 4 members (excludes halogenated alkanes) is 2. The van der Waals surface area contributed by atoms with Crippen LogP contribution >= 0.6 is 0 Å². The van der Waals surface area contributed by atoms with Crippen molar-refractivity contribution in [2.24, 2.45) is 0 Å². The summed E-state index contributed by atoms with van der Waals surface area (Å²) in [4.78, 5) is 30.3. The third kappa shape index (κ3) is 6.23. The minimum Gasteiger partial charge on any atom is -0.494 e. The van der Waals surface area contributed by atoms with Gasteiger partial charge >= 0.3 is 0 Å². The lowest BCUT2D eigenvalue weighted by molar-refractivity contribution is 0.306. The predicted molar refractivity (Wildman–Crippen MR) is 174 cm³/mol. The Hall–Kier alpha value is -5.12. The number of aromatic amines is 1. The summed E-state index contributed by atoms with van der Waals surface area (Å²) < 4.78 is 7.85. The van der Waals surface area contributed by atoms with E-state index in [-0.39, 0.29) is 11.5 Å². The fourth-order valence-corrected chi connectivity index (χ4v) is 5.46. The van der Waals surface area contributed by atoms with E-state index in [2.05, 4.69) is 80.6 Å². The number of nitrogens with one attached hydrogen (secondary N) is 2. The van der Waals surface area contributed by atoms with Gasteiger partial charge in [-0.15, -0.1) is 0 Å². The summed E-state index contributed by atoms with van der Waals surface area (Å²) in [7, 11) is 0. The van der Waals surface area contributed by atoms with Crippen LogP contribution in [0.5, 0.6) is 5.75 Å². The Kier molecular flexibility index (Phi) is 8.35. The smallest absolute Gasteiger partial charge is 0.278 e. The highest BCUT2D eigenvalue weighted by molar-refractivity contribution is 6.07. The topological polar surface area (TPSA) is 127 Å². The van der Waals surface area contributed by atoms with Crippen molar-refractivity contribution in [1.29, 1.82) is 0 Å². The van der Waals surface area contributed by atoms with Crippen molar-refractivity contribution in [2.75, 3.05) is 42.2 Å². The molecule has 0 aliphatic rings. The molecule has 0 spiro atoms. The van der Waals surface area contributed by atoms with Gasteiger partial charge in [0.2, 0.25) is 5.95 Å². The van der Waals surface area contributed by atoms with Crippen LogP contribution in [0.2, 0.25) is 0 Å². The van der Waals surface area contributed by atoms with Gasteiger partial charge in [0, 0.05) is 42.6 Å². The summed E-state index contributed by atoms with van der Waals surface area (Å²) in [5.41, 5.74) is 10.4. The second kappa shape index (κ2) is 12.8. The van der Waals surface area contributed by atoms with Gasteiger partial charge < -0.3 is 25.3 Å². The molecule has 3 aromatic heterocycles. The number of nitrogen functional groups attached to an aromatic ring is 1. The number of H-pyrrole nitrogens is 1. The number of para-hydroxylation sites is 2. The first kappa shape index (κ1) is 28.0. The third-order valence-corrected chi connectivity index (χ3v) is 7.68. The molecule has 43 heavy (non-hydrogen) atoms. The van der Waals surface area contributed by atoms with Gasteiger partial charge in [0.1, 0.15) is 5.75 Å². The lowest BCUT2D eigenvalue weighted by Gasteiger charge is -2.23. The first-order valence-electron chi connectivity index (χ1n) is 14.8. The quantitative estimate of drug-likeness (QED) is 0.120. The molecule has 0 atom stereocenters. The molecule has 0 saturated carbocycles. The summed E-state index contributed by atoms with van der Waals surface area (Å²) in [6.07, 6.45) is 4.75. The zero-order valence-corrected chi connectivity index (χ0v) is 24.3. The van der Waals surface area contributed by atoms with Crippen LogP contribution in [-0.4, -0.2) is 50.7 Å². The molecule has 6 aromatic rings. The Bertz CT molecular complexity index is 1840. The Labute approximate surface area is 249 Å². The maximum Gasteiger partial charge on any atom is 0.278 e. The highest BCUT2D eigenvalue weighted by Gasteiger charge is 2.12. The molecule has 3 heterocycles. The van der Waals surface area contributed by atoms with Crippen LogP contribution in [0.15, 0.2) is 83.9 Å². The van der Waals surface area contributed by atoms with Gasteiger partial charge in [0.25, 0.3) is 5.56 Å². The number of aromatic nitrogens is 5. The standard InChI is InChI=1S/C33H36N8O2/c1-2-40(19-20-41-22-36-31-30(41)32(42)39-33(34)38-31)23-14-16-24(17-15-23)43-21-9-3-8-18-35-29-25-10-4-6-12-27(25)37-28-13-7-5-11-26(28)29/h4-7,10-17,22H,2-3,8-9,18-21H2,1H3,(H,35,37)(H3,34,38,39,42). The molecule has 0 bridgehead atoms. The van der Waals surface area contributed by atoms with Gasteiger partial charge in [0.05, 0.1) is 29.7 Å². The van der Waals surface area contributed by atoms with E-state index in [9.17, 15) is 4.79 Å². The number of nitrogens with zero attached hydrogens (tertiary/aromatic N) is 5. The van der Waals surface area contributed by atoms with Crippen molar-refractivity contribution in [3.63, 3.8) is 0 Å². The van der Waals surface area contributed by atoms with E-state index in [0.717, 1.165) is 71.3 Å². The van der Waals surface area contributed by atoms with Gasteiger partial charge in [-0.05, 0) is 62.6 Å². The highest BCUT2D eigenvalue weighted by atomic mass is 16.5. The van der Waals surface area contributed by atoms with Crippen molar-refractivity contribution in [2.45, 2.75) is 32.7 Å². The van der Waals surface area contributed by atoms with Gasteiger partial charge in [-0.25, -0.2) is 9.97 Å². The number of nitrogens with two attached hydrogens (primary N) is 1. The Morgan fingerprint density at radius 2 is 1.65 bits per heavy atom. The molecule has 0 aliphatic carbocycles. The Morgan fingerprint density at radius 3 is 2.37 bits per heavy atom. The van der Waals surface area contributed by atoms with Gasteiger partial charge in [-0.1, -0.05) is 36.4 Å². The summed E-state index contributed by atoms with van der Waals surface area (Å²) in [6.45, 7) is 5.82. The molecule has 0 aliphatic heterocycles. The third-order valence-electron chi connectivity index (χ3n) is 7.68. The van der Waals surface area contributed by atoms with E-state index >= 15 is 0 Å². The average Bonchev–Trinajstić information content (AvgIpc) is 3.44. The number of imidazole rings is 1. The lowest BCUT2D eigenvalue weighted by Crippen LogP contribution is -2.27. The maximum atomic E-state index is 12.3. The van der Waals surface area contributed by atoms with E-state index < -0.39 is 0 Å². The SMILES string of the molecule is CCN(CCn1cnc2nc(N)[nH]c(=O)c21)c1ccc(OCCCCCNc2c3ccccc3nc3ccccc23)cc1. The second-order valence-electron chi connectivity index (χ2n) is 10.5. The van der Waals surface area contributed by atoms with E-state index in [1.54, 1.807) is 6.33 Å². The molecular formula is C33H36N8O2.